The molecule has 4 aromatic rings. The molecule has 0 radical (unpaired) electrons. The van der Waals surface area contributed by atoms with Crippen molar-refractivity contribution in [1.29, 1.82) is 5.26 Å². The van der Waals surface area contributed by atoms with E-state index in [9.17, 15) is 5.26 Å². The lowest BCUT2D eigenvalue weighted by Crippen LogP contribution is -2.08. The van der Waals surface area contributed by atoms with Crippen LogP contribution in [0.25, 0.3) is 27.1 Å². The predicted molar refractivity (Wildman–Crippen MR) is 156 cm³/mol. The minimum absolute atomic E-state index is 0.146. The van der Waals surface area contributed by atoms with Gasteiger partial charge in [-0.15, -0.1) is 4.98 Å². The number of imidazole rings is 1. The summed E-state index contributed by atoms with van der Waals surface area (Å²) in [7, 11) is 0. The summed E-state index contributed by atoms with van der Waals surface area (Å²) >= 11 is 0. The van der Waals surface area contributed by atoms with Gasteiger partial charge in [0, 0.05) is 0 Å². The second-order valence-electron chi connectivity index (χ2n) is 12.6. The first kappa shape index (κ1) is 26.9. The van der Waals surface area contributed by atoms with Crippen LogP contribution in [0.1, 0.15) is 63.9 Å². The standard InChI is InChI=1S/C34H36N4/c1-33(2,3)19-24-8-12-27(13-9-24)29-16-26(22-38-23-37-32(36-7)31(38)21-35)17-30(18-29)28-14-10-25(11-15-28)20-34(4,5)6/h8-18,23H,19-20,22H2,1-6H3. The third-order valence-electron chi connectivity index (χ3n) is 6.42. The summed E-state index contributed by atoms with van der Waals surface area (Å²) in [6.07, 6.45) is 3.64. The first-order valence-corrected chi connectivity index (χ1v) is 13.1. The lowest BCUT2D eigenvalue weighted by atomic mass is 9.87. The quantitative estimate of drug-likeness (QED) is 0.248. The number of benzene rings is 3. The van der Waals surface area contributed by atoms with Crippen molar-refractivity contribution >= 4 is 5.82 Å². The zero-order valence-corrected chi connectivity index (χ0v) is 23.3. The van der Waals surface area contributed by atoms with E-state index in [2.05, 4.69) is 124 Å². The van der Waals surface area contributed by atoms with Crippen molar-refractivity contribution in [2.45, 2.75) is 60.9 Å². The number of rotatable bonds is 6. The molecule has 4 nitrogen and oxygen atoms in total. The Labute approximate surface area is 227 Å². The van der Waals surface area contributed by atoms with E-state index in [1.807, 2.05) is 0 Å². The monoisotopic (exact) mass is 500 g/mol. The maximum absolute atomic E-state index is 9.62. The van der Waals surface area contributed by atoms with Crippen molar-refractivity contribution in [2.75, 3.05) is 0 Å². The van der Waals surface area contributed by atoms with Crippen LogP contribution in [0.3, 0.4) is 0 Å². The van der Waals surface area contributed by atoms with Crippen LogP contribution < -0.4 is 0 Å². The van der Waals surface area contributed by atoms with Gasteiger partial charge < -0.3 is 9.41 Å². The Morgan fingerprint density at radius 1 is 0.737 bits per heavy atom. The smallest absolute Gasteiger partial charge is 0.305 e. The molecule has 1 heterocycles. The summed E-state index contributed by atoms with van der Waals surface area (Å²) in [6.45, 7) is 21.3. The molecular formula is C34H36N4. The number of nitrogens with zero attached hydrogens (tertiary/aromatic N) is 4. The first-order valence-electron chi connectivity index (χ1n) is 13.1. The lowest BCUT2D eigenvalue weighted by molar-refractivity contribution is 0.411. The fourth-order valence-corrected chi connectivity index (χ4v) is 4.86. The molecule has 0 saturated heterocycles. The molecule has 0 saturated carbocycles. The van der Waals surface area contributed by atoms with E-state index in [4.69, 9.17) is 6.57 Å². The molecule has 0 aliphatic carbocycles. The highest BCUT2D eigenvalue weighted by atomic mass is 15.1. The summed E-state index contributed by atoms with van der Waals surface area (Å²) in [6, 6.07) is 26.4. The highest BCUT2D eigenvalue weighted by molar-refractivity contribution is 5.74. The molecule has 4 rings (SSSR count). The van der Waals surface area contributed by atoms with Gasteiger partial charge in [-0.3, -0.25) is 0 Å². The van der Waals surface area contributed by atoms with Crippen LogP contribution in [0.4, 0.5) is 5.82 Å². The number of hydrogen-bond acceptors (Lipinski definition) is 2. The van der Waals surface area contributed by atoms with Crippen LogP contribution in [0, 0.1) is 28.7 Å². The van der Waals surface area contributed by atoms with Crippen LogP contribution in [-0.4, -0.2) is 9.55 Å². The molecule has 38 heavy (non-hydrogen) atoms. The predicted octanol–water partition coefficient (Wildman–Crippen LogP) is 8.87. The lowest BCUT2D eigenvalue weighted by Gasteiger charge is -2.19. The Morgan fingerprint density at radius 3 is 1.61 bits per heavy atom. The van der Waals surface area contributed by atoms with Crippen LogP contribution in [0.2, 0.25) is 0 Å². The van der Waals surface area contributed by atoms with Gasteiger partial charge in [-0.05, 0) is 80.8 Å². The molecule has 1 aromatic heterocycles. The van der Waals surface area contributed by atoms with Crippen molar-refractivity contribution in [1.82, 2.24) is 9.55 Å². The van der Waals surface area contributed by atoms with Crippen molar-refractivity contribution < 1.29 is 0 Å². The summed E-state index contributed by atoms with van der Waals surface area (Å²) in [5.41, 5.74) is 9.05. The van der Waals surface area contributed by atoms with E-state index in [1.54, 1.807) is 10.9 Å². The van der Waals surface area contributed by atoms with Crippen LogP contribution >= 0.6 is 0 Å². The second kappa shape index (κ2) is 10.7. The largest absolute Gasteiger partial charge is 0.358 e. The Hall–Kier alpha value is -4.15. The molecule has 0 aliphatic heterocycles. The molecular weight excluding hydrogens is 464 g/mol. The second-order valence-corrected chi connectivity index (χ2v) is 12.6. The highest BCUT2D eigenvalue weighted by Crippen LogP contribution is 2.31. The number of nitriles is 1. The van der Waals surface area contributed by atoms with Gasteiger partial charge in [0.1, 0.15) is 11.8 Å². The van der Waals surface area contributed by atoms with E-state index in [1.165, 1.54) is 11.1 Å². The SMILES string of the molecule is [C-]#[N+]c1ncn(Cc2cc(-c3ccc(CC(C)(C)C)cc3)cc(-c3ccc(CC(C)(C)C)cc3)c2)c1C#N. The van der Waals surface area contributed by atoms with Crippen molar-refractivity contribution in [3.63, 3.8) is 0 Å². The van der Waals surface area contributed by atoms with Crippen molar-refractivity contribution in [3.05, 3.63) is 107 Å². The summed E-state index contributed by atoms with van der Waals surface area (Å²) in [4.78, 5) is 7.52. The van der Waals surface area contributed by atoms with Crippen molar-refractivity contribution in [3.8, 4) is 28.3 Å². The van der Waals surface area contributed by atoms with Crippen LogP contribution in [0.5, 0.6) is 0 Å². The fourth-order valence-electron chi connectivity index (χ4n) is 4.86. The van der Waals surface area contributed by atoms with E-state index in [-0.39, 0.29) is 16.6 Å². The van der Waals surface area contributed by atoms with E-state index >= 15 is 0 Å². The van der Waals surface area contributed by atoms with Crippen molar-refractivity contribution in [2.24, 2.45) is 10.8 Å². The topological polar surface area (TPSA) is 46.0 Å². The summed E-state index contributed by atoms with van der Waals surface area (Å²) in [5, 5.41) is 9.62. The third kappa shape index (κ3) is 6.78. The number of hydrogen-bond donors (Lipinski definition) is 0. The average Bonchev–Trinajstić information content (AvgIpc) is 3.24. The summed E-state index contributed by atoms with van der Waals surface area (Å²) in [5.74, 6) is 0.146. The minimum Gasteiger partial charge on any atom is -0.358 e. The Morgan fingerprint density at radius 2 is 1.21 bits per heavy atom. The fraction of sp³-hybridized carbons (Fsp3) is 0.324. The molecule has 0 N–H and O–H groups in total. The normalized spacial score (nSPS) is 11.7. The summed E-state index contributed by atoms with van der Waals surface area (Å²) < 4.78 is 1.76. The maximum atomic E-state index is 9.62. The maximum Gasteiger partial charge on any atom is 0.305 e. The van der Waals surface area contributed by atoms with Crippen LogP contribution in [-0.2, 0) is 19.4 Å². The molecule has 0 unspecified atom stereocenters. The van der Waals surface area contributed by atoms with Gasteiger partial charge in [0.15, 0.2) is 6.33 Å². The van der Waals surface area contributed by atoms with E-state index in [0.29, 0.717) is 12.2 Å². The van der Waals surface area contributed by atoms with Gasteiger partial charge in [0.2, 0.25) is 0 Å². The number of aromatic nitrogens is 2. The third-order valence-corrected chi connectivity index (χ3v) is 6.42. The van der Waals surface area contributed by atoms with Gasteiger partial charge in [-0.25, -0.2) is 0 Å². The average molecular weight is 501 g/mol. The molecule has 0 spiro atoms. The molecule has 0 atom stereocenters. The molecule has 0 fully saturated rings. The first-order chi connectivity index (χ1) is 17.9. The molecule has 3 aromatic carbocycles. The van der Waals surface area contributed by atoms with E-state index in [0.717, 1.165) is 40.7 Å². The van der Waals surface area contributed by atoms with Gasteiger partial charge in [-0.1, -0.05) is 96.6 Å². The Balaban J connectivity index is 1.74. The minimum atomic E-state index is 0.146. The molecule has 192 valence electrons. The van der Waals surface area contributed by atoms with Gasteiger partial charge in [0.05, 0.1) is 6.54 Å². The van der Waals surface area contributed by atoms with Crippen LogP contribution in [0.15, 0.2) is 73.1 Å². The Kier molecular flexibility index (Phi) is 7.56. The molecule has 0 bridgehead atoms. The molecule has 0 amide bonds. The highest BCUT2D eigenvalue weighted by Gasteiger charge is 2.15. The zero-order chi connectivity index (χ0) is 27.5. The zero-order valence-electron chi connectivity index (χ0n) is 23.3. The molecule has 4 heteroatoms. The van der Waals surface area contributed by atoms with Gasteiger partial charge >= 0.3 is 5.82 Å². The Bertz CT molecular complexity index is 1420. The van der Waals surface area contributed by atoms with Gasteiger partial charge in [0.25, 0.3) is 0 Å². The van der Waals surface area contributed by atoms with E-state index < -0.39 is 0 Å². The van der Waals surface area contributed by atoms with Gasteiger partial charge in [-0.2, -0.15) is 5.26 Å². The molecule has 0 aliphatic rings.